The molecule has 172 valence electrons. The monoisotopic (exact) mass is 459 g/mol. The number of rotatable bonds is 6. The summed E-state index contributed by atoms with van der Waals surface area (Å²) in [6.45, 7) is 0.434. The number of nitrogens with one attached hydrogen (secondary N) is 2. The molecule has 10 heteroatoms. The molecule has 1 saturated heterocycles. The van der Waals surface area contributed by atoms with Gasteiger partial charge in [-0.15, -0.1) is 0 Å². The third-order valence-corrected chi connectivity index (χ3v) is 5.42. The number of hydrogen-bond acceptors (Lipinski definition) is 5. The maximum absolute atomic E-state index is 13.3. The van der Waals surface area contributed by atoms with E-state index in [-0.39, 0.29) is 30.9 Å². The first-order chi connectivity index (χ1) is 15.8. The van der Waals surface area contributed by atoms with Crippen LogP contribution in [0.3, 0.4) is 0 Å². The van der Waals surface area contributed by atoms with Gasteiger partial charge >= 0.3 is 6.18 Å². The largest absolute Gasteiger partial charge is 0.438 e. The second kappa shape index (κ2) is 9.07. The van der Waals surface area contributed by atoms with Gasteiger partial charge in [-0.05, 0) is 22.8 Å². The smallest absolute Gasteiger partial charge is 0.417 e. The molecule has 2 amide bonds. The van der Waals surface area contributed by atoms with E-state index in [1.54, 1.807) is 30.3 Å². The van der Waals surface area contributed by atoms with Crippen LogP contribution in [0.15, 0.2) is 65.5 Å². The Bertz CT molecular complexity index is 1120. The maximum atomic E-state index is 13.3. The Kier molecular flexibility index (Phi) is 6.19. The van der Waals surface area contributed by atoms with E-state index >= 15 is 0 Å². The van der Waals surface area contributed by atoms with Crippen molar-refractivity contribution in [3.05, 3.63) is 78.0 Å². The lowest BCUT2D eigenvalue weighted by Crippen LogP contribution is -2.59. The molecule has 2 heterocycles. The molecule has 1 aromatic heterocycles. The van der Waals surface area contributed by atoms with Gasteiger partial charge in [0, 0.05) is 19.6 Å². The number of carbonyl (C=O) groups is 2. The highest BCUT2D eigenvalue weighted by Gasteiger charge is 2.44. The van der Waals surface area contributed by atoms with E-state index < -0.39 is 29.1 Å². The molecule has 3 aromatic rings. The Morgan fingerprint density at radius 3 is 2.48 bits per heavy atom. The zero-order chi connectivity index (χ0) is 23.5. The number of hydrogen-bond donors (Lipinski definition) is 2. The predicted molar refractivity (Wildman–Crippen MR) is 111 cm³/mol. The highest BCUT2D eigenvalue weighted by molar-refractivity contribution is 5.97. The highest BCUT2D eigenvalue weighted by Crippen LogP contribution is 2.36. The van der Waals surface area contributed by atoms with E-state index in [1.807, 2.05) is 0 Å². The number of benzene rings is 2. The molecule has 33 heavy (non-hydrogen) atoms. The molecule has 0 radical (unpaired) electrons. The van der Waals surface area contributed by atoms with E-state index in [1.165, 1.54) is 18.3 Å². The predicted octanol–water partition coefficient (Wildman–Crippen LogP) is 3.57. The van der Waals surface area contributed by atoms with Crippen molar-refractivity contribution < 1.29 is 31.9 Å². The normalized spacial score (nSPS) is 18.2. The lowest BCUT2D eigenvalue weighted by atomic mass is 9.96. The Morgan fingerprint density at radius 2 is 1.85 bits per heavy atom. The molecule has 1 fully saturated rings. The second-order valence-corrected chi connectivity index (χ2v) is 7.63. The van der Waals surface area contributed by atoms with Crippen molar-refractivity contribution in [1.82, 2.24) is 15.6 Å². The number of oxazole rings is 1. The van der Waals surface area contributed by atoms with E-state index in [4.69, 9.17) is 9.15 Å². The van der Waals surface area contributed by atoms with Crippen LogP contribution >= 0.6 is 0 Å². The third kappa shape index (κ3) is 4.90. The number of nitrogens with zero attached hydrogens (tertiary/aromatic N) is 1. The van der Waals surface area contributed by atoms with Crippen LogP contribution in [0, 0.1) is 0 Å². The molecule has 2 aromatic carbocycles. The SMILES string of the molecule is O=C(N[C@@]1(C(=O)NCc2ccc(-c3ccccc3C(F)(F)F)cc2)CCOC1)c1cnco1. The van der Waals surface area contributed by atoms with Crippen LogP contribution in [0.1, 0.15) is 28.1 Å². The average molecular weight is 459 g/mol. The number of carbonyl (C=O) groups excluding carboxylic acids is 2. The van der Waals surface area contributed by atoms with E-state index in [2.05, 4.69) is 15.6 Å². The molecule has 1 atom stereocenters. The first kappa shape index (κ1) is 22.5. The molecule has 7 nitrogen and oxygen atoms in total. The van der Waals surface area contributed by atoms with Crippen molar-refractivity contribution in [2.45, 2.75) is 24.7 Å². The molecular formula is C23H20F3N3O4. The van der Waals surface area contributed by atoms with Crippen molar-refractivity contribution in [2.75, 3.05) is 13.2 Å². The van der Waals surface area contributed by atoms with Crippen molar-refractivity contribution >= 4 is 11.8 Å². The standard InChI is InChI=1S/C23H20F3N3O4/c24-23(25,26)18-4-2-1-3-17(18)16-7-5-15(6-8-16)11-28-21(31)22(9-10-32-13-22)29-20(30)19-12-27-14-33-19/h1-8,12,14H,9-11,13H2,(H,28,31)(H,29,30)/t22-/m0/s1. The summed E-state index contributed by atoms with van der Waals surface area (Å²) in [6, 6.07) is 11.8. The molecule has 0 aliphatic carbocycles. The van der Waals surface area contributed by atoms with Gasteiger partial charge in [-0.2, -0.15) is 13.2 Å². The number of aromatic nitrogens is 1. The molecule has 0 unspecified atom stereocenters. The zero-order valence-electron chi connectivity index (χ0n) is 17.3. The van der Waals surface area contributed by atoms with Gasteiger partial charge in [-0.25, -0.2) is 4.98 Å². The molecule has 1 aliphatic heterocycles. The van der Waals surface area contributed by atoms with E-state index in [0.717, 1.165) is 12.5 Å². The summed E-state index contributed by atoms with van der Waals surface area (Å²) >= 11 is 0. The lowest BCUT2D eigenvalue weighted by Gasteiger charge is -2.27. The third-order valence-electron chi connectivity index (χ3n) is 5.42. The van der Waals surface area contributed by atoms with Gasteiger partial charge in [-0.1, -0.05) is 42.5 Å². The first-order valence-corrected chi connectivity index (χ1v) is 10.1. The van der Waals surface area contributed by atoms with Gasteiger partial charge in [0.2, 0.25) is 11.7 Å². The molecule has 0 bridgehead atoms. The quantitative estimate of drug-likeness (QED) is 0.588. The topological polar surface area (TPSA) is 93.5 Å². The van der Waals surface area contributed by atoms with Gasteiger partial charge in [0.1, 0.15) is 5.54 Å². The van der Waals surface area contributed by atoms with Crippen LogP contribution < -0.4 is 10.6 Å². The van der Waals surface area contributed by atoms with Crippen LogP contribution in [0.2, 0.25) is 0 Å². The summed E-state index contributed by atoms with van der Waals surface area (Å²) in [5, 5.41) is 5.43. The average Bonchev–Trinajstić information content (AvgIpc) is 3.50. The minimum atomic E-state index is -4.46. The van der Waals surface area contributed by atoms with Gasteiger partial charge in [0.25, 0.3) is 5.91 Å². The minimum Gasteiger partial charge on any atom is -0.438 e. The van der Waals surface area contributed by atoms with Gasteiger partial charge in [0.05, 0.1) is 18.4 Å². The van der Waals surface area contributed by atoms with Crippen LogP contribution in [0.4, 0.5) is 13.2 Å². The van der Waals surface area contributed by atoms with Crippen molar-refractivity contribution in [3.63, 3.8) is 0 Å². The van der Waals surface area contributed by atoms with Crippen LogP contribution in [-0.4, -0.2) is 35.6 Å². The van der Waals surface area contributed by atoms with Crippen LogP contribution in [-0.2, 0) is 22.3 Å². The highest BCUT2D eigenvalue weighted by atomic mass is 19.4. The number of halogens is 3. The van der Waals surface area contributed by atoms with Crippen LogP contribution in [0.25, 0.3) is 11.1 Å². The fourth-order valence-corrected chi connectivity index (χ4v) is 3.64. The lowest BCUT2D eigenvalue weighted by molar-refractivity contribution is -0.137. The molecule has 0 saturated carbocycles. The number of amides is 2. The molecule has 1 aliphatic rings. The Hall–Kier alpha value is -3.66. The van der Waals surface area contributed by atoms with Gasteiger partial charge in [0.15, 0.2) is 6.39 Å². The number of alkyl halides is 3. The Morgan fingerprint density at radius 1 is 1.09 bits per heavy atom. The summed E-state index contributed by atoms with van der Waals surface area (Å²) < 4.78 is 50.2. The zero-order valence-corrected chi connectivity index (χ0v) is 17.3. The van der Waals surface area contributed by atoms with E-state index in [9.17, 15) is 22.8 Å². The fraction of sp³-hybridized carbons (Fsp3) is 0.261. The van der Waals surface area contributed by atoms with Gasteiger partial charge in [-0.3, -0.25) is 9.59 Å². The second-order valence-electron chi connectivity index (χ2n) is 7.63. The van der Waals surface area contributed by atoms with Crippen molar-refractivity contribution in [2.24, 2.45) is 0 Å². The summed E-state index contributed by atoms with van der Waals surface area (Å²) in [7, 11) is 0. The minimum absolute atomic E-state index is 0.00583. The molecule has 4 rings (SSSR count). The molecular weight excluding hydrogens is 439 g/mol. The molecule has 2 N–H and O–H groups in total. The molecule has 0 spiro atoms. The van der Waals surface area contributed by atoms with E-state index in [0.29, 0.717) is 17.7 Å². The summed E-state index contributed by atoms with van der Waals surface area (Å²) in [5.41, 5.74) is -0.783. The summed E-state index contributed by atoms with van der Waals surface area (Å²) in [6.07, 6.45) is -1.82. The summed E-state index contributed by atoms with van der Waals surface area (Å²) in [4.78, 5) is 29.0. The number of ether oxygens (including phenoxy) is 1. The first-order valence-electron chi connectivity index (χ1n) is 10.1. The Labute approximate surface area is 187 Å². The van der Waals surface area contributed by atoms with Crippen molar-refractivity contribution in [3.8, 4) is 11.1 Å². The van der Waals surface area contributed by atoms with Gasteiger partial charge < -0.3 is 19.8 Å². The fourth-order valence-electron chi connectivity index (χ4n) is 3.64. The maximum Gasteiger partial charge on any atom is 0.417 e. The summed E-state index contributed by atoms with van der Waals surface area (Å²) in [5.74, 6) is -1.04. The van der Waals surface area contributed by atoms with Crippen LogP contribution in [0.5, 0.6) is 0 Å². The Balaban J connectivity index is 1.44. The van der Waals surface area contributed by atoms with Crippen molar-refractivity contribution in [1.29, 1.82) is 0 Å².